The Labute approximate surface area is 75.3 Å². The second-order valence-corrected chi connectivity index (χ2v) is 2.93. The van der Waals surface area contributed by atoms with Crippen molar-refractivity contribution >= 4 is 0 Å². The molecule has 1 aliphatic heterocycles. The fraction of sp³-hybridized carbons (Fsp3) is 1.00. The van der Waals surface area contributed by atoms with E-state index in [0.29, 0.717) is 0 Å². The molecule has 0 spiro atoms. The first-order valence-corrected chi connectivity index (χ1v) is 3.95. The van der Waals surface area contributed by atoms with E-state index in [2.05, 4.69) is 0 Å². The van der Waals surface area contributed by atoms with E-state index in [9.17, 15) is 15.3 Å². The van der Waals surface area contributed by atoms with Crippen molar-refractivity contribution in [2.45, 2.75) is 30.7 Å². The van der Waals surface area contributed by atoms with Crippen LogP contribution in [0.1, 0.15) is 0 Å². The normalized spacial score (nSPS) is 46.4. The summed E-state index contributed by atoms with van der Waals surface area (Å²) in [4.78, 5) is 0. The van der Waals surface area contributed by atoms with Gasteiger partial charge < -0.3 is 29.9 Å². The van der Waals surface area contributed by atoms with Gasteiger partial charge in [-0.2, -0.15) is 0 Å². The van der Waals surface area contributed by atoms with Crippen LogP contribution >= 0.6 is 0 Å². The smallest absolute Gasteiger partial charge is 0.186 e. The third kappa shape index (κ3) is 1.98. The van der Waals surface area contributed by atoms with Gasteiger partial charge in [-0.15, -0.1) is 0 Å². The molecule has 0 aromatic rings. The first kappa shape index (κ1) is 10.8. The predicted molar refractivity (Wildman–Crippen MR) is 40.8 cm³/mol. The molecule has 5 atom stereocenters. The molecule has 1 rings (SSSR count). The van der Waals surface area contributed by atoms with Crippen LogP contribution in [0.2, 0.25) is 0 Å². The van der Waals surface area contributed by atoms with Crippen molar-refractivity contribution in [3.05, 3.63) is 0 Å². The third-order valence-electron chi connectivity index (χ3n) is 2.08. The first-order chi connectivity index (χ1) is 6.11. The summed E-state index contributed by atoms with van der Waals surface area (Å²) < 4.78 is 9.65. The molecule has 0 amide bonds. The molecule has 1 saturated heterocycles. The number of hydrogen-bond acceptors (Lipinski definition) is 6. The summed E-state index contributed by atoms with van der Waals surface area (Å²) in [5.74, 6) is 0. The van der Waals surface area contributed by atoms with Crippen LogP contribution in [0.25, 0.3) is 0 Å². The third-order valence-corrected chi connectivity index (χ3v) is 2.08. The molecule has 1 unspecified atom stereocenters. The molecule has 0 saturated carbocycles. The summed E-state index contributed by atoms with van der Waals surface area (Å²) in [6, 6.07) is 0. The zero-order valence-corrected chi connectivity index (χ0v) is 7.20. The molecule has 0 aliphatic carbocycles. The van der Waals surface area contributed by atoms with Crippen LogP contribution in [0, 0.1) is 0 Å². The first-order valence-electron chi connectivity index (χ1n) is 3.95. The number of aliphatic hydroxyl groups is 4. The van der Waals surface area contributed by atoms with Crippen LogP contribution in [0.4, 0.5) is 0 Å². The Balaban J connectivity index is 2.66. The van der Waals surface area contributed by atoms with Crippen molar-refractivity contribution in [2.24, 2.45) is 0 Å². The second-order valence-electron chi connectivity index (χ2n) is 2.93. The Hall–Kier alpha value is -0.240. The molecule has 0 bridgehead atoms. The summed E-state index contributed by atoms with van der Waals surface area (Å²) in [7, 11) is 1.30. The highest BCUT2D eigenvalue weighted by Gasteiger charge is 2.43. The molecule has 4 N–H and O–H groups in total. The summed E-state index contributed by atoms with van der Waals surface area (Å²) in [5, 5.41) is 36.6. The Morgan fingerprint density at radius 1 is 1.15 bits per heavy atom. The van der Waals surface area contributed by atoms with E-state index in [1.54, 1.807) is 0 Å². The van der Waals surface area contributed by atoms with Crippen molar-refractivity contribution in [2.75, 3.05) is 13.7 Å². The van der Waals surface area contributed by atoms with Crippen LogP contribution in [0.3, 0.4) is 0 Å². The molecular formula is C7H14O6. The molecule has 1 aliphatic rings. The quantitative estimate of drug-likeness (QED) is 0.386. The Bertz CT molecular complexity index is 143. The van der Waals surface area contributed by atoms with E-state index in [1.807, 2.05) is 0 Å². The van der Waals surface area contributed by atoms with E-state index in [-0.39, 0.29) is 0 Å². The lowest BCUT2D eigenvalue weighted by atomic mass is 9.99. The van der Waals surface area contributed by atoms with Gasteiger partial charge >= 0.3 is 0 Å². The molecular weight excluding hydrogens is 180 g/mol. The lowest BCUT2D eigenvalue weighted by Gasteiger charge is -2.38. The van der Waals surface area contributed by atoms with Gasteiger partial charge in [0.1, 0.15) is 24.4 Å². The average Bonchev–Trinajstić information content (AvgIpc) is 2.15. The van der Waals surface area contributed by atoms with Gasteiger partial charge in [0.05, 0.1) is 6.61 Å². The van der Waals surface area contributed by atoms with Crippen LogP contribution in [-0.4, -0.2) is 64.8 Å². The van der Waals surface area contributed by atoms with Gasteiger partial charge in [-0.1, -0.05) is 0 Å². The average molecular weight is 194 g/mol. The maximum Gasteiger partial charge on any atom is 0.186 e. The number of hydrogen-bond donors (Lipinski definition) is 4. The molecule has 1 fully saturated rings. The van der Waals surface area contributed by atoms with E-state index in [1.165, 1.54) is 7.11 Å². The molecule has 0 aromatic heterocycles. The second kappa shape index (κ2) is 4.32. The van der Waals surface area contributed by atoms with Crippen molar-refractivity contribution in [1.29, 1.82) is 0 Å². The van der Waals surface area contributed by atoms with Crippen LogP contribution in [0.5, 0.6) is 0 Å². The van der Waals surface area contributed by atoms with Crippen LogP contribution in [0.15, 0.2) is 0 Å². The number of aliphatic hydroxyl groups excluding tert-OH is 4. The molecule has 78 valence electrons. The number of methoxy groups -OCH3 is 1. The highest BCUT2D eigenvalue weighted by Crippen LogP contribution is 2.20. The van der Waals surface area contributed by atoms with Gasteiger partial charge in [0, 0.05) is 7.11 Å². The summed E-state index contributed by atoms with van der Waals surface area (Å²) in [6.07, 6.45) is -5.91. The van der Waals surface area contributed by atoms with E-state index < -0.39 is 37.3 Å². The maximum absolute atomic E-state index is 9.28. The van der Waals surface area contributed by atoms with Crippen molar-refractivity contribution in [3.8, 4) is 0 Å². The van der Waals surface area contributed by atoms with Gasteiger partial charge in [0.25, 0.3) is 0 Å². The molecule has 1 heterocycles. The predicted octanol–water partition coefficient (Wildman–Crippen LogP) is -2.57. The maximum atomic E-state index is 9.28. The van der Waals surface area contributed by atoms with E-state index in [4.69, 9.17) is 14.6 Å². The standard InChI is InChI=1S/C7H14O6/c1-12-7-6(11)5(10)4(9)3(2-8)13-7/h3-11H,2H2,1H3/t3?,4-,5-,6+,7+/m0/s1. The largest absolute Gasteiger partial charge is 0.394 e. The number of rotatable bonds is 2. The minimum Gasteiger partial charge on any atom is -0.394 e. The molecule has 0 aromatic carbocycles. The minimum absolute atomic E-state index is 0.440. The highest BCUT2D eigenvalue weighted by atomic mass is 16.7. The monoisotopic (exact) mass is 194 g/mol. The van der Waals surface area contributed by atoms with Gasteiger partial charge in [0.2, 0.25) is 0 Å². The van der Waals surface area contributed by atoms with Crippen LogP contribution in [-0.2, 0) is 9.47 Å². The Morgan fingerprint density at radius 2 is 1.77 bits per heavy atom. The highest BCUT2D eigenvalue weighted by molar-refractivity contribution is 4.88. The Morgan fingerprint density at radius 3 is 2.23 bits per heavy atom. The zero-order chi connectivity index (χ0) is 10.0. The summed E-state index contributed by atoms with van der Waals surface area (Å²) in [6.45, 7) is -0.440. The van der Waals surface area contributed by atoms with Crippen molar-refractivity contribution in [1.82, 2.24) is 0 Å². The minimum atomic E-state index is -1.36. The SMILES string of the molecule is CO[C@@H]1OC(CO)[C@H](O)[C@H](O)[C@H]1O. The Kier molecular flexibility index (Phi) is 3.60. The lowest BCUT2D eigenvalue weighted by Crippen LogP contribution is -2.58. The van der Waals surface area contributed by atoms with Crippen molar-refractivity contribution < 1.29 is 29.9 Å². The molecule has 6 heteroatoms. The van der Waals surface area contributed by atoms with Crippen molar-refractivity contribution in [3.63, 3.8) is 0 Å². The lowest BCUT2D eigenvalue weighted by molar-refractivity contribution is -0.294. The summed E-state index contributed by atoms with van der Waals surface area (Å²) >= 11 is 0. The fourth-order valence-electron chi connectivity index (χ4n) is 1.26. The van der Waals surface area contributed by atoms with Gasteiger partial charge in [-0.25, -0.2) is 0 Å². The molecule has 0 radical (unpaired) electrons. The molecule has 6 nitrogen and oxygen atoms in total. The fourth-order valence-corrected chi connectivity index (χ4v) is 1.26. The molecule has 13 heavy (non-hydrogen) atoms. The zero-order valence-electron chi connectivity index (χ0n) is 7.20. The topological polar surface area (TPSA) is 99.4 Å². The van der Waals surface area contributed by atoms with E-state index in [0.717, 1.165) is 0 Å². The van der Waals surface area contributed by atoms with Gasteiger partial charge in [0.15, 0.2) is 6.29 Å². The number of ether oxygens (including phenoxy) is 2. The van der Waals surface area contributed by atoms with E-state index >= 15 is 0 Å². The van der Waals surface area contributed by atoms with Gasteiger partial charge in [-0.3, -0.25) is 0 Å². The van der Waals surface area contributed by atoms with Gasteiger partial charge in [-0.05, 0) is 0 Å². The van der Waals surface area contributed by atoms with Crippen LogP contribution < -0.4 is 0 Å². The summed E-state index contributed by atoms with van der Waals surface area (Å²) in [5.41, 5.74) is 0.